The van der Waals surface area contributed by atoms with Gasteiger partial charge in [-0.2, -0.15) is 0 Å². The van der Waals surface area contributed by atoms with Crippen molar-refractivity contribution in [2.45, 2.75) is 5.92 Å². The highest BCUT2D eigenvalue weighted by atomic mass is 16.3. The molecule has 3 aromatic carbocycles. The summed E-state index contributed by atoms with van der Waals surface area (Å²) in [6.45, 7) is 3.74. The molecule has 0 fully saturated rings. The van der Waals surface area contributed by atoms with Crippen LogP contribution in [0, 0.1) is 0 Å². The van der Waals surface area contributed by atoms with E-state index in [9.17, 15) is 5.11 Å². The van der Waals surface area contributed by atoms with E-state index in [0.717, 1.165) is 11.1 Å². The Bertz CT molecular complexity index is 743. The first kappa shape index (κ1) is 14.2. The maximum absolute atomic E-state index is 10.0. The smallest absolute Gasteiger partial charge is 0.0969 e. The Kier molecular flexibility index (Phi) is 4.06. The zero-order valence-electron chi connectivity index (χ0n) is 12.3. The number of benzene rings is 3. The first-order valence-electron chi connectivity index (χ1n) is 7.34. The van der Waals surface area contributed by atoms with Gasteiger partial charge in [-0.05, 0) is 22.3 Å². The van der Waals surface area contributed by atoms with Gasteiger partial charge in [-0.3, -0.25) is 0 Å². The summed E-state index contributed by atoms with van der Waals surface area (Å²) in [4.78, 5) is 0. The van der Waals surface area contributed by atoms with E-state index in [4.69, 9.17) is 0 Å². The average molecular weight is 286 g/mol. The van der Waals surface area contributed by atoms with E-state index in [2.05, 4.69) is 43.0 Å². The first-order chi connectivity index (χ1) is 10.8. The number of hydrogen-bond donors (Lipinski definition) is 1. The van der Waals surface area contributed by atoms with Gasteiger partial charge in [0.05, 0.1) is 11.7 Å². The van der Waals surface area contributed by atoms with Gasteiger partial charge in [0.15, 0.2) is 0 Å². The van der Waals surface area contributed by atoms with Crippen LogP contribution in [0.25, 0.3) is 11.1 Å². The van der Waals surface area contributed by atoms with Crippen molar-refractivity contribution in [3.05, 3.63) is 108 Å². The van der Waals surface area contributed by atoms with Crippen molar-refractivity contribution in [2.75, 3.05) is 0 Å². The van der Waals surface area contributed by atoms with E-state index in [1.54, 1.807) is 0 Å². The van der Waals surface area contributed by atoms with Crippen LogP contribution in [0.15, 0.2) is 97.3 Å². The summed E-state index contributed by atoms with van der Waals surface area (Å²) in [5.74, 6) is -0.0234. The fourth-order valence-corrected chi connectivity index (χ4v) is 2.72. The molecule has 3 rings (SSSR count). The summed E-state index contributed by atoms with van der Waals surface area (Å²) in [6.07, 6.45) is 0. The second-order valence-corrected chi connectivity index (χ2v) is 5.32. The van der Waals surface area contributed by atoms with E-state index >= 15 is 0 Å². The third-order valence-corrected chi connectivity index (χ3v) is 3.82. The Morgan fingerprint density at radius 2 is 1.09 bits per heavy atom. The van der Waals surface area contributed by atoms with Crippen molar-refractivity contribution in [1.29, 1.82) is 0 Å². The van der Waals surface area contributed by atoms with Crippen LogP contribution in [0.1, 0.15) is 17.0 Å². The molecule has 0 saturated carbocycles. The van der Waals surface area contributed by atoms with Crippen LogP contribution < -0.4 is 0 Å². The van der Waals surface area contributed by atoms with Crippen LogP contribution >= 0.6 is 0 Å². The summed E-state index contributed by atoms with van der Waals surface area (Å²) in [5.41, 5.74) is 4.44. The van der Waals surface area contributed by atoms with Gasteiger partial charge in [-0.1, -0.05) is 91.5 Å². The maximum atomic E-state index is 10.0. The molecular weight excluding hydrogens is 268 g/mol. The topological polar surface area (TPSA) is 20.2 Å². The maximum Gasteiger partial charge on any atom is 0.0969 e. The molecule has 1 N–H and O–H groups in total. The highest BCUT2D eigenvalue weighted by Gasteiger charge is 2.16. The summed E-state index contributed by atoms with van der Waals surface area (Å²) in [6, 6.07) is 28.5. The van der Waals surface area contributed by atoms with Crippen molar-refractivity contribution >= 4 is 0 Å². The molecule has 0 aliphatic heterocycles. The van der Waals surface area contributed by atoms with Crippen molar-refractivity contribution in [3.63, 3.8) is 0 Å². The highest BCUT2D eigenvalue weighted by Crippen LogP contribution is 2.31. The number of aliphatic hydroxyl groups is 1. The summed E-state index contributed by atoms with van der Waals surface area (Å²) in [5, 5.41) is 10.0. The Labute approximate surface area is 131 Å². The molecule has 1 atom stereocenters. The van der Waals surface area contributed by atoms with Crippen LogP contribution in [0.3, 0.4) is 0 Å². The van der Waals surface area contributed by atoms with Gasteiger partial charge in [-0.25, -0.2) is 0 Å². The molecule has 0 bridgehead atoms. The molecule has 0 aliphatic rings. The third kappa shape index (κ3) is 2.94. The molecule has 0 spiro atoms. The molecule has 3 aromatic rings. The van der Waals surface area contributed by atoms with Gasteiger partial charge in [0.2, 0.25) is 0 Å². The largest absolute Gasteiger partial charge is 0.512 e. The normalized spacial score (nSPS) is 11.8. The molecule has 108 valence electrons. The van der Waals surface area contributed by atoms with Crippen molar-refractivity contribution in [1.82, 2.24) is 0 Å². The van der Waals surface area contributed by atoms with E-state index < -0.39 is 0 Å². The second-order valence-electron chi connectivity index (χ2n) is 5.32. The first-order valence-corrected chi connectivity index (χ1v) is 7.34. The highest BCUT2D eigenvalue weighted by molar-refractivity contribution is 5.63. The van der Waals surface area contributed by atoms with Gasteiger partial charge >= 0.3 is 0 Å². The second kappa shape index (κ2) is 6.31. The molecule has 0 aromatic heterocycles. The lowest BCUT2D eigenvalue weighted by molar-refractivity contribution is 0.385. The van der Waals surface area contributed by atoms with Crippen LogP contribution in [0.2, 0.25) is 0 Å². The molecule has 0 radical (unpaired) electrons. The Balaban J connectivity index is 1.95. The standard InChI is InChI=1S/C21H18O/c1-16(22)21(19-10-6-3-7-11-19)20-14-12-18(13-15-20)17-8-4-2-5-9-17/h2-15,21-22H,1H2. The predicted octanol–water partition coefficient (Wildman–Crippen LogP) is 5.56. The Morgan fingerprint density at radius 3 is 1.64 bits per heavy atom. The molecular formula is C21H18O. The molecule has 1 heteroatoms. The van der Waals surface area contributed by atoms with E-state index in [-0.39, 0.29) is 11.7 Å². The number of allylic oxidation sites excluding steroid dienone is 1. The lowest BCUT2D eigenvalue weighted by Gasteiger charge is -2.17. The molecule has 0 saturated heterocycles. The monoisotopic (exact) mass is 286 g/mol. The zero-order valence-corrected chi connectivity index (χ0v) is 12.3. The van der Waals surface area contributed by atoms with Crippen molar-refractivity contribution < 1.29 is 5.11 Å². The minimum absolute atomic E-state index is 0.165. The summed E-state index contributed by atoms with van der Waals surface area (Å²) >= 11 is 0. The Hall–Kier alpha value is -2.80. The van der Waals surface area contributed by atoms with Crippen molar-refractivity contribution in [3.8, 4) is 11.1 Å². The molecule has 1 unspecified atom stereocenters. The molecule has 0 heterocycles. The van der Waals surface area contributed by atoms with E-state index in [1.807, 2.05) is 48.5 Å². The fourth-order valence-electron chi connectivity index (χ4n) is 2.72. The third-order valence-electron chi connectivity index (χ3n) is 3.82. The van der Waals surface area contributed by atoms with Gasteiger partial charge in [0, 0.05) is 0 Å². The SMILES string of the molecule is C=C(O)C(c1ccccc1)c1ccc(-c2ccccc2)cc1. The molecule has 0 amide bonds. The number of rotatable bonds is 4. The average Bonchev–Trinajstić information content (AvgIpc) is 2.57. The molecule has 1 nitrogen and oxygen atoms in total. The minimum Gasteiger partial charge on any atom is -0.512 e. The molecule has 0 aliphatic carbocycles. The lowest BCUT2D eigenvalue weighted by atomic mass is 9.89. The predicted molar refractivity (Wildman–Crippen MR) is 91.9 cm³/mol. The quantitative estimate of drug-likeness (QED) is 0.623. The van der Waals surface area contributed by atoms with Gasteiger partial charge < -0.3 is 5.11 Å². The zero-order chi connectivity index (χ0) is 15.4. The van der Waals surface area contributed by atoms with Crippen LogP contribution in [-0.2, 0) is 0 Å². The van der Waals surface area contributed by atoms with Crippen LogP contribution in [-0.4, -0.2) is 5.11 Å². The lowest BCUT2D eigenvalue weighted by Crippen LogP contribution is -2.03. The molecule has 22 heavy (non-hydrogen) atoms. The van der Waals surface area contributed by atoms with Gasteiger partial charge in [-0.15, -0.1) is 0 Å². The number of aliphatic hydroxyl groups excluding tert-OH is 1. The minimum atomic E-state index is -0.189. The summed E-state index contributed by atoms with van der Waals surface area (Å²) < 4.78 is 0. The van der Waals surface area contributed by atoms with Gasteiger partial charge in [0.25, 0.3) is 0 Å². The fraction of sp³-hybridized carbons (Fsp3) is 0.0476. The van der Waals surface area contributed by atoms with Gasteiger partial charge in [0.1, 0.15) is 0 Å². The van der Waals surface area contributed by atoms with Crippen LogP contribution in [0.5, 0.6) is 0 Å². The van der Waals surface area contributed by atoms with Crippen LogP contribution in [0.4, 0.5) is 0 Å². The Morgan fingerprint density at radius 1 is 0.636 bits per heavy atom. The number of hydrogen-bond acceptors (Lipinski definition) is 1. The summed E-state index contributed by atoms with van der Waals surface area (Å²) in [7, 11) is 0. The van der Waals surface area contributed by atoms with Crippen molar-refractivity contribution in [2.24, 2.45) is 0 Å². The van der Waals surface area contributed by atoms with E-state index in [1.165, 1.54) is 11.1 Å². The van der Waals surface area contributed by atoms with E-state index in [0.29, 0.717) is 0 Å².